The van der Waals surface area contributed by atoms with Gasteiger partial charge in [-0.15, -0.1) is 0 Å². The number of hydrogen-bond acceptors (Lipinski definition) is 4. The summed E-state index contributed by atoms with van der Waals surface area (Å²) in [6.07, 6.45) is 2.74. The van der Waals surface area contributed by atoms with E-state index in [0.29, 0.717) is 12.8 Å². The van der Waals surface area contributed by atoms with Gasteiger partial charge in [0, 0.05) is 23.5 Å². The van der Waals surface area contributed by atoms with Crippen molar-refractivity contribution in [3.05, 3.63) is 71.4 Å². The quantitative estimate of drug-likeness (QED) is 0.460. The molecule has 6 heteroatoms. The van der Waals surface area contributed by atoms with Crippen LogP contribution in [0.25, 0.3) is 10.9 Å². The number of hydrogen-bond donors (Lipinski definition) is 3. The van der Waals surface area contributed by atoms with Gasteiger partial charge < -0.3 is 20.8 Å². The number of benzene rings is 2. The highest BCUT2D eigenvalue weighted by Gasteiger charge is 2.26. The molecule has 0 bridgehead atoms. The second-order valence-electron chi connectivity index (χ2n) is 8.46. The van der Waals surface area contributed by atoms with Crippen molar-refractivity contribution in [3.8, 4) is 0 Å². The van der Waals surface area contributed by atoms with E-state index in [1.807, 2.05) is 69.4 Å². The second-order valence-corrected chi connectivity index (χ2v) is 8.46. The number of carbonyl (C=O) groups is 2. The SMILES string of the molecule is Cc1ccc2[nH]cc(CC(NC(=O)[C@@H](N)CC(C)C)C(=O)OCc3ccccc3)c2c1. The summed E-state index contributed by atoms with van der Waals surface area (Å²) in [5.74, 6) is -0.539. The minimum Gasteiger partial charge on any atom is -0.459 e. The van der Waals surface area contributed by atoms with Crippen LogP contribution in [0.4, 0.5) is 0 Å². The number of aryl methyl sites for hydroxylation is 1. The number of aromatic amines is 1. The molecule has 1 amide bonds. The Kier molecular flexibility index (Phi) is 7.47. The Morgan fingerprint density at radius 2 is 1.87 bits per heavy atom. The van der Waals surface area contributed by atoms with Crippen LogP contribution in [0.3, 0.4) is 0 Å². The van der Waals surface area contributed by atoms with Gasteiger partial charge in [-0.05, 0) is 42.5 Å². The van der Waals surface area contributed by atoms with Crippen molar-refractivity contribution < 1.29 is 14.3 Å². The molecule has 0 fully saturated rings. The maximum Gasteiger partial charge on any atom is 0.329 e. The molecular formula is C25H31N3O3. The van der Waals surface area contributed by atoms with E-state index in [1.54, 1.807) is 0 Å². The maximum absolute atomic E-state index is 12.9. The number of nitrogens with two attached hydrogens (primary N) is 1. The summed E-state index contributed by atoms with van der Waals surface area (Å²) < 4.78 is 5.53. The van der Waals surface area contributed by atoms with Crippen molar-refractivity contribution in [2.45, 2.75) is 52.3 Å². The molecule has 164 valence electrons. The number of rotatable bonds is 9. The van der Waals surface area contributed by atoms with Crippen LogP contribution in [0.2, 0.25) is 0 Å². The van der Waals surface area contributed by atoms with Crippen LogP contribution in [-0.4, -0.2) is 28.9 Å². The first kappa shape index (κ1) is 22.6. The molecule has 1 heterocycles. The highest BCUT2D eigenvalue weighted by atomic mass is 16.5. The van der Waals surface area contributed by atoms with Crippen molar-refractivity contribution in [3.63, 3.8) is 0 Å². The normalized spacial score (nSPS) is 13.2. The minimum atomic E-state index is -0.825. The fourth-order valence-corrected chi connectivity index (χ4v) is 3.60. The third-order valence-electron chi connectivity index (χ3n) is 5.23. The Bertz CT molecular complexity index is 1030. The van der Waals surface area contributed by atoms with Gasteiger partial charge in [-0.1, -0.05) is 55.8 Å². The predicted molar refractivity (Wildman–Crippen MR) is 122 cm³/mol. The number of carbonyl (C=O) groups excluding carboxylic acids is 2. The number of H-pyrrole nitrogens is 1. The highest BCUT2D eigenvalue weighted by Crippen LogP contribution is 2.21. The smallest absolute Gasteiger partial charge is 0.329 e. The van der Waals surface area contributed by atoms with Crippen LogP contribution in [-0.2, 0) is 27.4 Å². The predicted octanol–water partition coefficient (Wildman–Crippen LogP) is 3.62. The van der Waals surface area contributed by atoms with Crippen LogP contribution >= 0.6 is 0 Å². The van der Waals surface area contributed by atoms with Gasteiger partial charge >= 0.3 is 5.97 Å². The second kappa shape index (κ2) is 10.3. The molecule has 0 aliphatic heterocycles. The van der Waals surface area contributed by atoms with Crippen LogP contribution in [0.5, 0.6) is 0 Å². The summed E-state index contributed by atoms with van der Waals surface area (Å²) in [6.45, 7) is 6.19. The Balaban J connectivity index is 1.77. The van der Waals surface area contributed by atoms with Crippen molar-refractivity contribution in [2.24, 2.45) is 11.7 Å². The molecule has 2 atom stereocenters. The first-order valence-electron chi connectivity index (χ1n) is 10.7. The summed E-state index contributed by atoms with van der Waals surface area (Å²) in [4.78, 5) is 28.8. The number of esters is 1. The van der Waals surface area contributed by atoms with E-state index in [2.05, 4.69) is 16.4 Å². The first-order chi connectivity index (χ1) is 14.8. The van der Waals surface area contributed by atoms with E-state index in [1.165, 1.54) is 0 Å². The third-order valence-corrected chi connectivity index (χ3v) is 5.23. The number of fused-ring (bicyclic) bond motifs is 1. The summed E-state index contributed by atoms with van der Waals surface area (Å²) in [7, 11) is 0. The molecule has 6 nitrogen and oxygen atoms in total. The van der Waals surface area contributed by atoms with Gasteiger partial charge in [0.2, 0.25) is 5.91 Å². The van der Waals surface area contributed by atoms with E-state index < -0.39 is 18.1 Å². The van der Waals surface area contributed by atoms with Crippen molar-refractivity contribution in [2.75, 3.05) is 0 Å². The zero-order valence-corrected chi connectivity index (χ0v) is 18.4. The summed E-state index contributed by atoms with van der Waals surface area (Å²) in [5, 5.41) is 3.85. The van der Waals surface area contributed by atoms with Gasteiger partial charge in [0.25, 0.3) is 0 Å². The first-order valence-corrected chi connectivity index (χ1v) is 10.7. The lowest BCUT2D eigenvalue weighted by Gasteiger charge is -2.21. The van der Waals surface area contributed by atoms with E-state index in [-0.39, 0.29) is 18.4 Å². The molecule has 1 aromatic heterocycles. The van der Waals surface area contributed by atoms with E-state index in [9.17, 15) is 9.59 Å². The van der Waals surface area contributed by atoms with Crippen LogP contribution in [0, 0.1) is 12.8 Å². The van der Waals surface area contributed by atoms with E-state index >= 15 is 0 Å². The topological polar surface area (TPSA) is 97.2 Å². The van der Waals surface area contributed by atoms with E-state index in [4.69, 9.17) is 10.5 Å². The van der Waals surface area contributed by atoms with Crippen molar-refractivity contribution in [1.29, 1.82) is 0 Å². The highest BCUT2D eigenvalue weighted by molar-refractivity contribution is 5.89. The maximum atomic E-state index is 12.9. The van der Waals surface area contributed by atoms with Crippen molar-refractivity contribution in [1.82, 2.24) is 10.3 Å². The Labute approximate surface area is 183 Å². The fourth-order valence-electron chi connectivity index (χ4n) is 3.60. The molecule has 0 spiro atoms. The van der Waals surface area contributed by atoms with E-state index in [0.717, 1.165) is 27.6 Å². The molecular weight excluding hydrogens is 390 g/mol. The average molecular weight is 422 g/mol. The van der Waals surface area contributed by atoms with Crippen LogP contribution < -0.4 is 11.1 Å². The Hall–Kier alpha value is -3.12. The lowest BCUT2D eigenvalue weighted by atomic mass is 10.0. The molecule has 2 aromatic carbocycles. The zero-order chi connectivity index (χ0) is 22.4. The Morgan fingerprint density at radius 1 is 1.13 bits per heavy atom. The molecule has 0 aliphatic carbocycles. The number of ether oxygens (including phenoxy) is 1. The summed E-state index contributed by atoms with van der Waals surface area (Å²) in [5.41, 5.74) is 9.99. The van der Waals surface area contributed by atoms with Gasteiger partial charge in [-0.25, -0.2) is 4.79 Å². The minimum absolute atomic E-state index is 0.150. The number of nitrogens with one attached hydrogen (secondary N) is 2. The zero-order valence-electron chi connectivity index (χ0n) is 18.4. The van der Waals surface area contributed by atoms with Gasteiger partial charge in [-0.3, -0.25) is 4.79 Å². The largest absolute Gasteiger partial charge is 0.459 e. The standard InChI is InChI=1S/C25H31N3O3/c1-16(2)11-21(26)24(29)28-23(25(30)31-15-18-7-5-4-6-8-18)13-19-14-27-22-10-9-17(3)12-20(19)22/h4-10,12,14,16,21,23,27H,11,13,15,26H2,1-3H3,(H,28,29)/t21-,23?/m0/s1. The molecule has 0 saturated heterocycles. The number of amides is 1. The Morgan fingerprint density at radius 3 is 2.58 bits per heavy atom. The summed E-state index contributed by atoms with van der Waals surface area (Å²) in [6, 6.07) is 14.1. The third kappa shape index (κ3) is 6.18. The van der Waals surface area contributed by atoms with Crippen molar-refractivity contribution >= 4 is 22.8 Å². The van der Waals surface area contributed by atoms with Crippen LogP contribution in [0.1, 0.15) is 37.0 Å². The molecule has 4 N–H and O–H groups in total. The number of aromatic nitrogens is 1. The monoisotopic (exact) mass is 421 g/mol. The molecule has 3 aromatic rings. The molecule has 0 aliphatic rings. The lowest BCUT2D eigenvalue weighted by molar-refractivity contribution is -0.149. The van der Waals surface area contributed by atoms with Gasteiger partial charge in [0.1, 0.15) is 12.6 Å². The fraction of sp³-hybridized carbons (Fsp3) is 0.360. The van der Waals surface area contributed by atoms with Gasteiger partial charge in [0.15, 0.2) is 0 Å². The molecule has 31 heavy (non-hydrogen) atoms. The average Bonchev–Trinajstić information content (AvgIpc) is 3.13. The molecule has 1 unspecified atom stereocenters. The van der Waals surface area contributed by atoms with Gasteiger partial charge in [-0.2, -0.15) is 0 Å². The molecule has 0 saturated carbocycles. The molecule has 0 radical (unpaired) electrons. The summed E-state index contributed by atoms with van der Waals surface area (Å²) >= 11 is 0. The van der Waals surface area contributed by atoms with Gasteiger partial charge in [0.05, 0.1) is 6.04 Å². The van der Waals surface area contributed by atoms with Crippen LogP contribution in [0.15, 0.2) is 54.7 Å². The lowest BCUT2D eigenvalue weighted by Crippen LogP contribution is -2.50. The molecule has 3 rings (SSSR count).